The number of carbonyl (C=O) groups excluding carboxylic acids is 3. The first kappa shape index (κ1) is 19.4. The number of methoxy groups -OCH3 is 2. The number of benzene rings is 2. The van der Waals surface area contributed by atoms with Crippen LogP contribution in [0.4, 0.5) is 11.4 Å². The molecule has 2 aliphatic rings. The Kier molecular flexibility index (Phi) is 5.05. The zero-order valence-corrected chi connectivity index (χ0v) is 16.3. The Balaban J connectivity index is 1.52. The van der Waals surface area contributed by atoms with Gasteiger partial charge in [0.2, 0.25) is 5.91 Å². The lowest BCUT2D eigenvalue weighted by molar-refractivity contribution is -0.123. The highest BCUT2D eigenvalue weighted by atomic mass is 16.5. The number of fused-ring (bicyclic) bond motifs is 1. The molecule has 0 saturated carbocycles. The van der Waals surface area contributed by atoms with Crippen molar-refractivity contribution in [3.8, 4) is 11.5 Å². The summed E-state index contributed by atoms with van der Waals surface area (Å²) in [6.07, 6.45) is 0. The Morgan fingerprint density at radius 1 is 1.03 bits per heavy atom. The third-order valence-electron chi connectivity index (χ3n) is 4.85. The van der Waals surface area contributed by atoms with E-state index in [-0.39, 0.29) is 12.5 Å². The summed E-state index contributed by atoms with van der Waals surface area (Å²) in [6.45, 7) is -0.210. The summed E-state index contributed by atoms with van der Waals surface area (Å²) in [7, 11) is 2.96. The van der Waals surface area contributed by atoms with Crippen LogP contribution in [0.15, 0.2) is 58.9 Å². The van der Waals surface area contributed by atoms with Gasteiger partial charge in [-0.3, -0.25) is 19.4 Å². The molecule has 2 atom stereocenters. The molecule has 0 spiro atoms. The number of rotatable bonds is 6. The second kappa shape index (κ2) is 7.82. The SMILES string of the molecule is COc1ccc(N2C(=O)[C@@H]3N=NN(CC(=O)Nc4ccccc4)[C@H]3C2=O)cc1OC. The molecule has 0 radical (unpaired) electrons. The molecule has 2 aromatic carbocycles. The summed E-state index contributed by atoms with van der Waals surface area (Å²) in [5.41, 5.74) is 0.955. The van der Waals surface area contributed by atoms with Crippen LogP contribution in [0.3, 0.4) is 0 Å². The fourth-order valence-electron chi connectivity index (χ4n) is 3.44. The number of hydrogen-bond donors (Lipinski definition) is 1. The summed E-state index contributed by atoms with van der Waals surface area (Å²) in [5, 5.41) is 11.8. The molecule has 0 aromatic heterocycles. The molecule has 0 aliphatic carbocycles. The van der Waals surface area contributed by atoms with Crippen molar-refractivity contribution in [1.82, 2.24) is 5.01 Å². The molecule has 2 aromatic rings. The number of anilines is 2. The highest BCUT2D eigenvalue weighted by molar-refractivity contribution is 6.25. The molecule has 1 saturated heterocycles. The van der Waals surface area contributed by atoms with Crippen molar-refractivity contribution in [2.75, 3.05) is 31.0 Å². The molecule has 30 heavy (non-hydrogen) atoms. The number of carbonyl (C=O) groups is 3. The average Bonchev–Trinajstić information content (AvgIpc) is 3.27. The predicted molar refractivity (Wildman–Crippen MR) is 106 cm³/mol. The first-order valence-electron chi connectivity index (χ1n) is 9.15. The van der Waals surface area contributed by atoms with Crippen molar-refractivity contribution < 1.29 is 23.9 Å². The first-order valence-corrected chi connectivity index (χ1v) is 9.15. The zero-order valence-electron chi connectivity index (χ0n) is 16.3. The quantitative estimate of drug-likeness (QED) is 0.726. The third-order valence-corrected chi connectivity index (χ3v) is 4.85. The van der Waals surface area contributed by atoms with Crippen molar-refractivity contribution in [1.29, 1.82) is 0 Å². The summed E-state index contributed by atoms with van der Waals surface area (Å²) >= 11 is 0. The van der Waals surface area contributed by atoms with E-state index in [1.54, 1.807) is 42.5 Å². The highest BCUT2D eigenvalue weighted by Crippen LogP contribution is 2.36. The number of amides is 3. The Labute approximate surface area is 172 Å². The molecule has 10 heteroatoms. The van der Waals surface area contributed by atoms with E-state index in [0.29, 0.717) is 22.9 Å². The summed E-state index contributed by atoms with van der Waals surface area (Å²) < 4.78 is 10.4. The monoisotopic (exact) mass is 409 g/mol. The molecule has 2 aliphatic heterocycles. The maximum absolute atomic E-state index is 13.0. The summed E-state index contributed by atoms with van der Waals surface area (Å²) in [6, 6.07) is 11.7. The minimum Gasteiger partial charge on any atom is -0.493 e. The van der Waals surface area contributed by atoms with Crippen LogP contribution < -0.4 is 19.7 Å². The van der Waals surface area contributed by atoms with Gasteiger partial charge in [-0.15, -0.1) is 0 Å². The van der Waals surface area contributed by atoms with Crippen LogP contribution >= 0.6 is 0 Å². The normalized spacial score (nSPS) is 19.8. The van der Waals surface area contributed by atoms with E-state index in [1.165, 1.54) is 19.2 Å². The lowest BCUT2D eigenvalue weighted by atomic mass is 10.1. The van der Waals surface area contributed by atoms with E-state index in [2.05, 4.69) is 15.7 Å². The molecule has 4 rings (SSSR count). The summed E-state index contributed by atoms with van der Waals surface area (Å²) in [5.74, 6) is -0.528. The van der Waals surface area contributed by atoms with Crippen molar-refractivity contribution in [3.05, 3.63) is 48.5 Å². The van der Waals surface area contributed by atoms with Gasteiger partial charge in [0.15, 0.2) is 23.6 Å². The second-order valence-corrected chi connectivity index (χ2v) is 6.66. The van der Waals surface area contributed by atoms with Gasteiger partial charge >= 0.3 is 0 Å². The van der Waals surface area contributed by atoms with E-state index >= 15 is 0 Å². The largest absolute Gasteiger partial charge is 0.493 e. The van der Waals surface area contributed by atoms with Crippen LogP contribution in [0.2, 0.25) is 0 Å². The van der Waals surface area contributed by atoms with Crippen LogP contribution in [-0.2, 0) is 14.4 Å². The maximum atomic E-state index is 13.0. The Morgan fingerprint density at radius 3 is 2.47 bits per heavy atom. The molecule has 154 valence electrons. The standard InChI is InChI=1S/C20H19N5O5/c1-29-14-9-8-13(10-15(14)30-2)25-19(27)17-18(20(25)28)24(23-22-17)11-16(26)21-12-6-4-3-5-7-12/h3-10,17-18H,11H2,1-2H3,(H,21,26)/t17-,18-/m1/s1. The first-order chi connectivity index (χ1) is 14.5. The minimum absolute atomic E-state index is 0.210. The number of ether oxygens (including phenoxy) is 2. The minimum atomic E-state index is -0.991. The zero-order chi connectivity index (χ0) is 21.3. The van der Waals surface area contributed by atoms with E-state index in [0.717, 1.165) is 4.90 Å². The lowest BCUT2D eigenvalue weighted by Crippen LogP contribution is -2.43. The van der Waals surface area contributed by atoms with Crippen molar-refractivity contribution in [3.63, 3.8) is 0 Å². The molecule has 10 nitrogen and oxygen atoms in total. The van der Waals surface area contributed by atoms with Crippen LogP contribution in [0.1, 0.15) is 0 Å². The van der Waals surface area contributed by atoms with Gasteiger partial charge in [0.05, 0.1) is 19.9 Å². The number of hydrogen-bond acceptors (Lipinski definition) is 8. The average molecular weight is 409 g/mol. The van der Waals surface area contributed by atoms with E-state index in [9.17, 15) is 14.4 Å². The van der Waals surface area contributed by atoms with Crippen LogP contribution in [-0.4, -0.2) is 55.6 Å². The van der Waals surface area contributed by atoms with E-state index in [1.807, 2.05) is 6.07 Å². The Bertz CT molecular complexity index is 1030. The van der Waals surface area contributed by atoms with Gasteiger partial charge < -0.3 is 14.8 Å². The highest BCUT2D eigenvalue weighted by Gasteiger charge is 2.55. The van der Waals surface area contributed by atoms with Gasteiger partial charge in [0, 0.05) is 11.8 Å². The number of nitrogens with one attached hydrogen (secondary N) is 1. The molecular formula is C20H19N5O5. The number of nitrogens with zero attached hydrogens (tertiary/aromatic N) is 4. The number of imide groups is 1. The molecule has 1 fully saturated rings. The second-order valence-electron chi connectivity index (χ2n) is 6.66. The van der Waals surface area contributed by atoms with Gasteiger partial charge in [-0.1, -0.05) is 23.4 Å². The predicted octanol–water partition coefficient (Wildman–Crippen LogP) is 1.64. The van der Waals surface area contributed by atoms with Gasteiger partial charge in [0.1, 0.15) is 6.54 Å². The van der Waals surface area contributed by atoms with E-state index < -0.39 is 23.9 Å². The molecular weight excluding hydrogens is 390 g/mol. The van der Waals surface area contributed by atoms with Gasteiger partial charge in [-0.25, -0.2) is 4.90 Å². The van der Waals surface area contributed by atoms with Gasteiger partial charge in [0.25, 0.3) is 11.8 Å². The fraction of sp³-hybridized carbons (Fsp3) is 0.250. The Hall–Kier alpha value is -3.95. The molecule has 0 unspecified atom stereocenters. The maximum Gasteiger partial charge on any atom is 0.263 e. The molecule has 3 amide bonds. The third kappa shape index (κ3) is 3.32. The van der Waals surface area contributed by atoms with E-state index in [4.69, 9.17) is 9.47 Å². The van der Waals surface area contributed by atoms with Crippen molar-refractivity contribution in [2.24, 2.45) is 10.3 Å². The molecule has 2 heterocycles. The van der Waals surface area contributed by atoms with Gasteiger partial charge in [-0.2, -0.15) is 5.11 Å². The van der Waals surface area contributed by atoms with Crippen LogP contribution in [0.25, 0.3) is 0 Å². The summed E-state index contributed by atoms with van der Waals surface area (Å²) in [4.78, 5) is 39.3. The topological polar surface area (TPSA) is 113 Å². The van der Waals surface area contributed by atoms with Gasteiger partial charge in [-0.05, 0) is 24.3 Å². The van der Waals surface area contributed by atoms with Crippen LogP contribution in [0.5, 0.6) is 11.5 Å². The Morgan fingerprint density at radius 2 is 1.77 bits per heavy atom. The molecule has 0 bridgehead atoms. The number of para-hydroxylation sites is 1. The molecule has 1 N–H and O–H groups in total. The fourth-order valence-corrected chi connectivity index (χ4v) is 3.44. The smallest absolute Gasteiger partial charge is 0.263 e. The van der Waals surface area contributed by atoms with Crippen LogP contribution in [0, 0.1) is 0 Å². The lowest BCUT2D eigenvalue weighted by Gasteiger charge is -2.20. The van der Waals surface area contributed by atoms with Crippen molar-refractivity contribution in [2.45, 2.75) is 12.1 Å². The van der Waals surface area contributed by atoms with Crippen molar-refractivity contribution >= 4 is 29.1 Å².